The van der Waals surface area contributed by atoms with Crippen molar-refractivity contribution < 1.29 is 5.11 Å². The topological polar surface area (TPSA) is 50.9 Å². The summed E-state index contributed by atoms with van der Waals surface area (Å²) in [7, 11) is 0. The number of aliphatic hydroxyl groups excluding tert-OH is 1. The second-order valence-electron chi connectivity index (χ2n) is 5.60. The van der Waals surface area contributed by atoms with Gasteiger partial charge in [0.25, 0.3) is 0 Å². The van der Waals surface area contributed by atoms with Crippen LogP contribution in [0.3, 0.4) is 0 Å². The van der Waals surface area contributed by atoms with Crippen LogP contribution in [0.25, 0.3) is 5.69 Å². The molecule has 3 rings (SSSR count). The fraction of sp³-hybridized carbons (Fsp3) is 0.500. The maximum absolute atomic E-state index is 10.7. The minimum atomic E-state index is -0.469. The van der Waals surface area contributed by atoms with E-state index in [1.807, 2.05) is 30.3 Å². The predicted octanol–water partition coefficient (Wildman–Crippen LogP) is 3.27. The van der Waals surface area contributed by atoms with E-state index in [-0.39, 0.29) is 0 Å². The third-order valence-corrected chi connectivity index (χ3v) is 4.23. The largest absolute Gasteiger partial charge is 0.386 e. The van der Waals surface area contributed by atoms with Crippen molar-refractivity contribution in [3.63, 3.8) is 0 Å². The Morgan fingerprint density at radius 1 is 1.05 bits per heavy atom. The SMILES string of the molecule is OC(c1cnnn1-c1ccccc1)C1CCCCCC1. The first-order chi connectivity index (χ1) is 9.86. The van der Waals surface area contributed by atoms with Gasteiger partial charge in [0.1, 0.15) is 6.10 Å². The van der Waals surface area contributed by atoms with E-state index in [4.69, 9.17) is 0 Å². The van der Waals surface area contributed by atoms with Crippen LogP contribution in [0.4, 0.5) is 0 Å². The van der Waals surface area contributed by atoms with E-state index >= 15 is 0 Å². The molecular weight excluding hydrogens is 250 g/mol. The summed E-state index contributed by atoms with van der Waals surface area (Å²) in [5, 5.41) is 18.8. The zero-order valence-electron chi connectivity index (χ0n) is 11.7. The monoisotopic (exact) mass is 271 g/mol. The molecule has 1 heterocycles. The number of hydrogen-bond donors (Lipinski definition) is 1. The molecule has 1 aliphatic rings. The standard InChI is InChI=1S/C16H21N3O/c20-16(13-8-4-1-2-5-9-13)15-12-17-18-19(15)14-10-6-3-7-11-14/h3,6-7,10-13,16,20H,1-2,4-5,8-9H2. The second kappa shape index (κ2) is 6.18. The van der Waals surface area contributed by atoms with Crippen LogP contribution >= 0.6 is 0 Å². The van der Waals surface area contributed by atoms with Crippen LogP contribution in [0.1, 0.15) is 50.3 Å². The lowest BCUT2D eigenvalue weighted by Crippen LogP contribution is -2.16. The summed E-state index contributed by atoms with van der Waals surface area (Å²) in [5.74, 6) is 0.332. The van der Waals surface area contributed by atoms with E-state index < -0.39 is 6.10 Å². The highest BCUT2D eigenvalue weighted by Gasteiger charge is 2.25. The van der Waals surface area contributed by atoms with Crippen LogP contribution in [0.15, 0.2) is 36.5 Å². The molecule has 1 N–H and O–H groups in total. The molecule has 4 nitrogen and oxygen atoms in total. The molecule has 1 atom stereocenters. The molecule has 1 aliphatic carbocycles. The normalized spacial score (nSPS) is 18.6. The summed E-state index contributed by atoms with van der Waals surface area (Å²) >= 11 is 0. The van der Waals surface area contributed by atoms with E-state index in [1.165, 1.54) is 25.7 Å². The Balaban J connectivity index is 1.85. The van der Waals surface area contributed by atoms with E-state index in [9.17, 15) is 5.11 Å². The minimum Gasteiger partial charge on any atom is -0.386 e. The number of para-hydroxylation sites is 1. The molecule has 0 spiro atoms. The van der Waals surface area contributed by atoms with E-state index in [0.717, 1.165) is 24.2 Å². The molecular formula is C16H21N3O. The number of benzene rings is 1. The van der Waals surface area contributed by atoms with Crippen molar-refractivity contribution in [2.75, 3.05) is 0 Å². The van der Waals surface area contributed by atoms with Gasteiger partial charge in [0, 0.05) is 0 Å². The third-order valence-electron chi connectivity index (χ3n) is 4.23. The van der Waals surface area contributed by atoms with Gasteiger partial charge in [0.15, 0.2) is 0 Å². The molecule has 0 saturated heterocycles. The zero-order valence-corrected chi connectivity index (χ0v) is 11.7. The van der Waals surface area contributed by atoms with Crippen molar-refractivity contribution >= 4 is 0 Å². The van der Waals surface area contributed by atoms with Gasteiger partial charge in [-0.15, -0.1) is 5.10 Å². The lowest BCUT2D eigenvalue weighted by Gasteiger charge is -2.21. The lowest BCUT2D eigenvalue weighted by molar-refractivity contribution is 0.0924. The lowest BCUT2D eigenvalue weighted by atomic mass is 9.92. The van der Waals surface area contributed by atoms with Crippen LogP contribution in [0.5, 0.6) is 0 Å². The first kappa shape index (κ1) is 13.3. The van der Waals surface area contributed by atoms with Crippen LogP contribution in [0.2, 0.25) is 0 Å². The van der Waals surface area contributed by atoms with Crippen molar-refractivity contribution in [2.24, 2.45) is 5.92 Å². The minimum absolute atomic E-state index is 0.332. The van der Waals surface area contributed by atoms with Crippen LogP contribution in [-0.2, 0) is 0 Å². The molecule has 0 aliphatic heterocycles. The first-order valence-corrected chi connectivity index (χ1v) is 7.50. The van der Waals surface area contributed by atoms with Gasteiger partial charge in [-0.05, 0) is 30.9 Å². The molecule has 1 fully saturated rings. The quantitative estimate of drug-likeness (QED) is 0.872. The Morgan fingerprint density at radius 2 is 1.75 bits per heavy atom. The Kier molecular flexibility index (Phi) is 4.11. The summed E-state index contributed by atoms with van der Waals surface area (Å²) < 4.78 is 1.76. The highest BCUT2D eigenvalue weighted by molar-refractivity contribution is 5.32. The van der Waals surface area contributed by atoms with Gasteiger partial charge in [-0.25, -0.2) is 4.68 Å². The number of aliphatic hydroxyl groups is 1. The van der Waals surface area contributed by atoms with Crippen molar-refractivity contribution in [1.29, 1.82) is 0 Å². The van der Waals surface area contributed by atoms with Gasteiger partial charge in [-0.1, -0.05) is 49.1 Å². The summed E-state index contributed by atoms with van der Waals surface area (Å²) in [6.07, 6.45) is 8.44. The fourth-order valence-corrected chi connectivity index (χ4v) is 3.08. The van der Waals surface area contributed by atoms with Crippen molar-refractivity contribution in [3.05, 3.63) is 42.2 Å². The first-order valence-electron chi connectivity index (χ1n) is 7.50. The van der Waals surface area contributed by atoms with Crippen LogP contribution in [0, 0.1) is 5.92 Å². The molecule has 106 valence electrons. The molecule has 1 saturated carbocycles. The van der Waals surface area contributed by atoms with E-state index in [1.54, 1.807) is 10.9 Å². The maximum Gasteiger partial charge on any atom is 0.101 e. The number of hydrogen-bond acceptors (Lipinski definition) is 3. The molecule has 4 heteroatoms. The summed E-state index contributed by atoms with van der Waals surface area (Å²) in [6, 6.07) is 9.88. The predicted molar refractivity (Wildman–Crippen MR) is 77.5 cm³/mol. The van der Waals surface area contributed by atoms with Gasteiger partial charge >= 0.3 is 0 Å². The van der Waals surface area contributed by atoms with Crippen molar-refractivity contribution in [3.8, 4) is 5.69 Å². The molecule has 0 radical (unpaired) electrons. The Morgan fingerprint density at radius 3 is 2.45 bits per heavy atom. The summed E-state index contributed by atoms with van der Waals surface area (Å²) in [6.45, 7) is 0. The van der Waals surface area contributed by atoms with E-state index in [0.29, 0.717) is 5.92 Å². The third kappa shape index (κ3) is 2.75. The highest BCUT2D eigenvalue weighted by Crippen LogP contribution is 2.33. The highest BCUT2D eigenvalue weighted by atomic mass is 16.3. The van der Waals surface area contributed by atoms with Crippen LogP contribution in [-0.4, -0.2) is 20.1 Å². The number of rotatable bonds is 3. The molecule has 2 aromatic rings. The van der Waals surface area contributed by atoms with Crippen LogP contribution < -0.4 is 0 Å². The Bertz CT molecular complexity index is 530. The Labute approximate surface area is 119 Å². The van der Waals surface area contributed by atoms with Gasteiger partial charge < -0.3 is 5.11 Å². The maximum atomic E-state index is 10.7. The molecule has 1 unspecified atom stereocenters. The van der Waals surface area contributed by atoms with Gasteiger partial charge in [-0.3, -0.25) is 0 Å². The van der Waals surface area contributed by atoms with E-state index in [2.05, 4.69) is 10.3 Å². The fourth-order valence-electron chi connectivity index (χ4n) is 3.08. The molecule has 1 aromatic heterocycles. The average molecular weight is 271 g/mol. The molecule has 1 aromatic carbocycles. The number of aromatic nitrogens is 3. The Hall–Kier alpha value is -1.68. The molecule has 0 bridgehead atoms. The smallest absolute Gasteiger partial charge is 0.101 e. The second-order valence-corrected chi connectivity index (χ2v) is 5.60. The number of nitrogens with zero attached hydrogens (tertiary/aromatic N) is 3. The zero-order chi connectivity index (χ0) is 13.8. The van der Waals surface area contributed by atoms with Crippen molar-refractivity contribution in [2.45, 2.75) is 44.6 Å². The average Bonchev–Trinajstić information content (AvgIpc) is 2.82. The molecule has 20 heavy (non-hydrogen) atoms. The van der Waals surface area contributed by atoms with Gasteiger partial charge in [0.05, 0.1) is 17.6 Å². The summed E-state index contributed by atoms with van der Waals surface area (Å²) in [5.41, 5.74) is 1.76. The molecule has 0 amide bonds. The van der Waals surface area contributed by atoms with Gasteiger partial charge in [0.2, 0.25) is 0 Å². The summed E-state index contributed by atoms with van der Waals surface area (Å²) in [4.78, 5) is 0. The van der Waals surface area contributed by atoms with Gasteiger partial charge in [-0.2, -0.15) is 0 Å². The van der Waals surface area contributed by atoms with Crippen molar-refractivity contribution in [1.82, 2.24) is 15.0 Å².